The number of esters is 1. The first-order valence-corrected chi connectivity index (χ1v) is 4.45. The van der Waals surface area contributed by atoms with Gasteiger partial charge in [-0.15, -0.1) is 0 Å². The third-order valence-electron chi connectivity index (χ3n) is 1.46. The molecule has 2 nitrogen and oxygen atoms in total. The van der Waals surface area contributed by atoms with Crippen molar-refractivity contribution in [3.8, 4) is 23.7 Å². The lowest BCUT2D eigenvalue weighted by Crippen LogP contribution is -1.93. The van der Waals surface area contributed by atoms with Gasteiger partial charge < -0.3 is 4.74 Å². The second-order valence-corrected chi connectivity index (χ2v) is 2.93. The topological polar surface area (TPSA) is 26.3 Å². The van der Waals surface area contributed by atoms with Crippen LogP contribution in [0.25, 0.3) is 0 Å². The molecule has 0 heterocycles. The van der Waals surface area contributed by atoms with Gasteiger partial charge in [0.05, 0.1) is 7.11 Å². The van der Waals surface area contributed by atoms with Gasteiger partial charge in [0.1, 0.15) is 0 Å². The van der Waals surface area contributed by atoms with Gasteiger partial charge in [0.15, 0.2) is 0 Å². The number of hydrogen-bond acceptors (Lipinski definition) is 2. The molecule has 0 radical (unpaired) electrons. The van der Waals surface area contributed by atoms with Gasteiger partial charge in [-0.2, -0.15) is 0 Å². The molecule has 3 heteroatoms. The van der Waals surface area contributed by atoms with Crippen LogP contribution in [0.15, 0.2) is 24.3 Å². The second kappa shape index (κ2) is 5.75. The van der Waals surface area contributed by atoms with Crippen LogP contribution >= 0.6 is 11.6 Å². The van der Waals surface area contributed by atoms with Crippen molar-refractivity contribution < 1.29 is 9.53 Å². The van der Waals surface area contributed by atoms with E-state index in [0.29, 0.717) is 5.02 Å². The van der Waals surface area contributed by atoms with Gasteiger partial charge in [-0.1, -0.05) is 17.5 Å². The minimum atomic E-state index is -0.597. The predicted molar refractivity (Wildman–Crippen MR) is 58.1 cm³/mol. The lowest BCUT2D eigenvalue weighted by Gasteiger charge is -1.88. The molecule has 0 bridgehead atoms. The Kier molecular flexibility index (Phi) is 4.29. The third-order valence-corrected chi connectivity index (χ3v) is 1.72. The average Bonchev–Trinajstić information content (AvgIpc) is 2.26. The van der Waals surface area contributed by atoms with Crippen LogP contribution in [0, 0.1) is 23.7 Å². The number of benzene rings is 1. The SMILES string of the molecule is COC(=O)C#CC#Cc1ccc(Cl)cc1. The molecule has 0 saturated carbocycles. The van der Waals surface area contributed by atoms with Crippen LogP contribution in [0.4, 0.5) is 0 Å². The van der Waals surface area contributed by atoms with Crippen LogP contribution in [-0.2, 0) is 9.53 Å². The minimum Gasteiger partial charge on any atom is -0.459 e. The summed E-state index contributed by atoms with van der Waals surface area (Å²) in [7, 11) is 1.27. The molecule has 0 aromatic heterocycles. The first-order chi connectivity index (χ1) is 7.22. The molecule has 0 aliphatic heterocycles. The van der Waals surface area contributed by atoms with Gasteiger partial charge in [0.25, 0.3) is 0 Å². The Balaban J connectivity index is 2.69. The van der Waals surface area contributed by atoms with E-state index in [1.807, 2.05) is 0 Å². The maximum Gasteiger partial charge on any atom is 0.385 e. The Morgan fingerprint density at radius 3 is 2.53 bits per heavy atom. The molecule has 1 aromatic carbocycles. The molecular formula is C12H7ClO2. The van der Waals surface area contributed by atoms with E-state index in [1.165, 1.54) is 7.11 Å². The summed E-state index contributed by atoms with van der Waals surface area (Å²) in [5, 5.41) is 0.654. The van der Waals surface area contributed by atoms with Crippen LogP contribution < -0.4 is 0 Å². The Morgan fingerprint density at radius 2 is 1.93 bits per heavy atom. The normalized spacial score (nSPS) is 7.87. The summed E-state index contributed by atoms with van der Waals surface area (Å²) >= 11 is 5.70. The zero-order chi connectivity index (χ0) is 11.1. The number of rotatable bonds is 0. The smallest absolute Gasteiger partial charge is 0.385 e. The van der Waals surface area contributed by atoms with E-state index in [4.69, 9.17) is 11.6 Å². The number of ether oxygens (including phenoxy) is 1. The van der Waals surface area contributed by atoms with Crippen LogP contribution in [0.1, 0.15) is 5.56 Å². The van der Waals surface area contributed by atoms with Crippen LogP contribution in [0.2, 0.25) is 5.02 Å². The van der Waals surface area contributed by atoms with Gasteiger partial charge in [0, 0.05) is 16.5 Å². The van der Waals surface area contributed by atoms with E-state index in [2.05, 4.69) is 28.4 Å². The van der Waals surface area contributed by atoms with Crippen LogP contribution in [0.3, 0.4) is 0 Å². The highest BCUT2D eigenvalue weighted by atomic mass is 35.5. The second-order valence-electron chi connectivity index (χ2n) is 2.50. The van der Waals surface area contributed by atoms with E-state index in [0.717, 1.165) is 5.56 Å². The lowest BCUT2D eigenvalue weighted by atomic mass is 10.2. The standard InChI is InChI=1S/C12H7ClO2/c1-15-12(14)5-3-2-4-10-6-8-11(13)9-7-10/h6-9H,1H3. The Labute approximate surface area is 93.2 Å². The van der Waals surface area contributed by atoms with E-state index in [9.17, 15) is 4.79 Å². The van der Waals surface area contributed by atoms with Crippen molar-refractivity contribution in [3.05, 3.63) is 34.9 Å². The number of carbonyl (C=O) groups is 1. The molecule has 1 aromatic rings. The molecule has 0 spiro atoms. The summed E-state index contributed by atoms with van der Waals surface area (Å²) in [5.74, 6) is 9.28. The van der Waals surface area contributed by atoms with Crippen molar-refractivity contribution in [1.29, 1.82) is 0 Å². The van der Waals surface area contributed by atoms with Crippen molar-refractivity contribution in [2.45, 2.75) is 0 Å². The first kappa shape index (κ1) is 11.2. The Bertz CT molecular complexity index is 466. The molecule has 1 rings (SSSR count). The van der Waals surface area contributed by atoms with E-state index >= 15 is 0 Å². The monoisotopic (exact) mass is 218 g/mol. The van der Waals surface area contributed by atoms with Crippen molar-refractivity contribution in [3.63, 3.8) is 0 Å². The molecular weight excluding hydrogens is 212 g/mol. The summed E-state index contributed by atoms with van der Waals surface area (Å²) < 4.78 is 4.32. The summed E-state index contributed by atoms with van der Waals surface area (Å²) in [6.07, 6.45) is 0. The van der Waals surface area contributed by atoms with Crippen molar-refractivity contribution in [2.24, 2.45) is 0 Å². The Hall–Kier alpha value is -1.90. The number of hydrogen-bond donors (Lipinski definition) is 0. The fraction of sp³-hybridized carbons (Fsp3) is 0.0833. The molecule has 0 aliphatic rings. The van der Waals surface area contributed by atoms with Gasteiger partial charge in [-0.25, -0.2) is 4.79 Å². The van der Waals surface area contributed by atoms with Crippen LogP contribution in [0.5, 0.6) is 0 Å². The molecule has 0 aliphatic carbocycles. The van der Waals surface area contributed by atoms with Gasteiger partial charge in [0.2, 0.25) is 0 Å². The highest BCUT2D eigenvalue weighted by molar-refractivity contribution is 6.30. The van der Waals surface area contributed by atoms with E-state index in [1.54, 1.807) is 24.3 Å². The summed E-state index contributed by atoms with van der Waals surface area (Å²) in [6, 6.07) is 7.02. The zero-order valence-electron chi connectivity index (χ0n) is 8.00. The highest BCUT2D eigenvalue weighted by Gasteiger charge is 1.87. The molecule has 0 N–H and O–H groups in total. The first-order valence-electron chi connectivity index (χ1n) is 4.08. The molecule has 15 heavy (non-hydrogen) atoms. The molecule has 0 atom stereocenters. The minimum absolute atomic E-state index is 0.597. The van der Waals surface area contributed by atoms with Gasteiger partial charge in [-0.3, -0.25) is 0 Å². The summed E-state index contributed by atoms with van der Waals surface area (Å²) in [4.78, 5) is 10.6. The third kappa shape index (κ3) is 4.22. The van der Waals surface area contributed by atoms with Crippen molar-refractivity contribution in [1.82, 2.24) is 0 Å². The van der Waals surface area contributed by atoms with Gasteiger partial charge in [-0.05, 0) is 36.1 Å². The van der Waals surface area contributed by atoms with Crippen LogP contribution in [-0.4, -0.2) is 13.1 Å². The maximum atomic E-state index is 10.6. The zero-order valence-corrected chi connectivity index (χ0v) is 8.76. The fourth-order valence-electron chi connectivity index (χ4n) is 0.770. The quantitative estimate of drug-likeness (QED) is 0.378. The summed E-state index contributed by atoms with van der Waals surface area (Å²) in [5.41, 5.74) is 0.790. The number of carbonyl (C=O) groups excluding carboxylic acids is 1. The van der Waals surface area contributed by atoms with Crippen molar-refractivity contribution >= 4 is 17.6 Å². The number of methoxy groups -OCH3 is 1. The maximum absolute atomic E-state index is 10.6. The molecule has 0 saturated heterocycles. The largest absolute Gasteiger partial charge is 0.459 e. The average molecular weight is 219 g/mol. The fourth-order valence-corrected chi connectivity index (χ4v) is 0.896. The molecule has 0 fully saturated rings. The number of halogens is 1. The predicted octanol–water partition coefficient (Wildman–Crippen LogP) is 1.87. The summed E-state index contributed by atoms with van der Waals surface area (Å²) in [6.45, 7) is 0. The molecule has 74 valence electrons. The molecule has 0 unspecified atom stereocenters. The Morgan fingerprint density at radius 1 is 1.27 bits per heavy atom. The lowest BCUT2D eigenvalue weighted by molar-refractivity contribution is -0.133. The van der Waals surface area contributed by atoms with Gasteiger partial charge >= 0.3 is 5.97 Å². The van der Waals surface area contributed by atoms with E-state index < -0.39 is 5.97 Å². The molecule has 0 amide bonds. The van der Waals surface area contributed by atoms with E-state index in [-0.39, 0.29) is 0 Å². The van der Waals surface area contributed by atoms with Crippen molar-refractivity contribution in [2.75, 3.05) is 7.11 Å². The highest BCUT2D eigenvalue weighted by Crippen LogP contribution is 2.07.